The van der Waals surface area contributed by atoms with Gasteiger partial charge in [-0.05, 0) is 38.1 Å². The number of rotatable bonds is 4. The average Bonchev–Trinajstić information content (AvgIpc) is 2.89. The van der Waals surface area contributed by atoms with E-state index in [1.54, 1.807) is 0 Å². The number of carbonyl (C=O) groups excluding carboxylic acids is 1. The van der Waals surface area contributed by atoms with Crippen LogP contribution in [0.5, 0.6) is 0 Å². The number of aromatic nitrogens is 5. The number of thiazole rings is 1. The van der Waals surface area contributed by atoms with Gasteiger partial charge in [0.05, 0.1) is 7.11 Å². The highest BCUT2D eigenvalue weighted by Gasteiger charge is 2.13. The minimum atomic E-state index is -0.403. The molecule has 0 aliphatic rings. The van der Waals surface area contributed by atoms with E-state index in [1.165, 1.54) is 34.9 Å². The number of ether oxygens (including phenoxy) is 1. The molecule has 0 bridgehead atoms. The van der Waals surface area contributed by atoms with Gasteiger partial charge >= 0.3 is 5.97 Å². The highest BCUT2D eigenvalue weighted by molar-refractivity contribution is 9.10. The third kappa shape index (κ3) is 3.23. The molecule has 2 aromatic heterocycles. The van der Waals surface area contributed by atoms with Crippen LogP contribution in [-0.2, 0) is 16.1 Å². The molecule has 0 atom stereocenters. The fourth-order valence-electron chi connectivity index (χ4n) is 0.920. The summed E-state index contributed by atoms with van der Waals surface area (Å²) in [5.41, 5.74) is 0. The van der Waals surface area contributed by atoms with Crippen LogP contribution in [0.2, 0.25) is 0 Å². The Kier molecular flexibility index (Phi) is 4.07. The van der Waals surface area contributed by atoms with Crippen LogP contribution in [0.15, 0.2) is 19.5 Å². The molecule has 0 saturated heterocycles. The van der Waals surface area contributed by atoms with E-state index in [4.69, 9.17) is 0 Å². The van der Waals surface area contributed by atoms with Crippen LogP contribution in [0.3, 0.4) is 0 Å². The SMILES string of the molecule is COC(=O)Cn1nnnc1Sc1nc(Br)cs1. The Labute approximate surface area is 113 Å². The summed E-state index contributed by atoms with van der Waals surface area (Å²) in [4.78, 5) is 15.3. The van der Waals surface area contributed by atoms with Gasteiger partial charge in [0.15, 0.2) is 4.34 Å². The van der Waals surface area contributed by atoms with Crippen molar-refractivity contribution in [3.05, 3.63) is 9.98 Å². The molecule has 10 heteroatoms. The minimum absolute atomic E-state index is 0.0155. The van der Waals surface area contributed by atoms with E-state index in [0.29, 0.717) is 5.16 Å². The average molecular weight is 336 g/mol. The first-order chi connectivity index (χ1) is 8.19. The van der Waals surface area contributed by atoms with Crippen molar-refractivity contribution in [3.8, 4) is 0 Å². The molecule has 0 amide bonds. The Balaban J connectivity index is 2.11. The summed E-state index contributed by atoms with van der Waals surface area (Å²) in [5, 5.41) is 13.4. The molecule has 0 spiro atoms. The van der Waals surface area contributed by atoms with Gasteiger partial charge in [0.25, 0.3) is 0 Å². The summed E-state index contributed by atoms with van der Waals surface area (Å²) in [6, 6.07) is 0. The fourth-order valence-corrected chi connectivity index (χ4v) is 3.16. The fraction of sp³-hybridized carbons (Fsp3) is 0.286. The van der Waals surface area contributed by atoms with Gasteiger partial charge in [0.2, 0.25) is 5.16 Å². The molecule has 7 nitrogen and oxygen atoms in total. The van der Waals surface area contributed by atoms with Crippen LogP contribution in [0.1, 0.15) is 0 Å². The second-order valence-corrected chi connectivity index (χ2v) is 5.62. The van der Waals surface area contributed by atoms with E-state index in [2.05, 4.69) is 41.2 Å². The molecular weight excluding hydrogens is 330 g/mol. The Morgan fingerprint density at radius 2 is 2.53 bits per heavy atom. The summed E-state index contributed by atoms with van der Waals surface area (Å²) < 4.78 is 7.47. The smallest absolute Gasteiger partial charge is 0.327 e. The van der Waals surface area contributed by atoms with Crippen LogP contribution in [-0.4, -0.2) is 38.3 Å². The normalized spacial score (nSPS) is 10.5. The van der Waals surface area contributed by atoms with Gasteiger partial charge < -0.3 is 4.74 Å². The van der Waals surface area contributed by atoms with E-state index in [-0.39, 0.29) is 6.54 Å². The standard InChI is InChI=1S/C7H6BrN5O2S2/c1-15-5(14)2-13-6(10-11-12-13)17-7-9-4(8)3-16-7/h3H,2H2,1H3. The van der Waals surface area contributed by atoms with E-state index in [0.717, 1.165) is 8.94 Å². The first-order valence-electron chi connectivity index (χ1n) is 4.31. The topological polar surface area (TPSA) is 82.8 Å². The van der Waals surface area contributed by atoms with Crippen molar-refractivity contribution >= 4 is 45.0 Å². The van der Waals surface area contributed by atoms with Crippen molar-refractivity contribution in [1.82, 2.24) is 25.2 Å². The maximum Gasteiger partial charge on any atom is 0.327 e. The lowest BCUT2D eigenvalue weighted by molar-refractivity contribution is -0.141. The highest BCUT2D eigenvalue weighted by Crippen LogP contribution is 2.29. The molecule has 2 heterocycles. The van der Waals surface area contributed by atoms with Gasteiger partial charge in [-0.15, -0.1) is 16.4 Å². The highest BCUT2D eigenvalue weighted by atomic mass is 79.9. The predicted molar refractivity (Wildman–Crippen MR) is 63.8 cm³/mol. The molecule has 0 radical (unpaired) electrons. The van der Waals surface area contributed by atoms with Crippen LogP contribution in [0, 0.1) is 0 Å². The van der Waals surface area contributed by atoms with Crippen LogP contribution in [0.4, 0.5) is 0 Å². The van der Waals surface area contributed by atoms with Crippen molar-refractivity contribution in [2.24, 2.45) is 0 Å². The van der Waals surface area contributed by atoms with Gasteiger partial charge in [0.1, 0.15) is 11.1 Å². The molecule has 0 fully saturated rings. The number of tetrazole rings is 1. The number of nitrogens with zero attached hydrogens (tertiary/aromatic N) is 5. The molecule has 17 heavy (non-hydrogen) atoms. The van der Waals surface area contributed by atoms with Gasteiger partial charge in [-0.25, -0.2) is 9.67 Å². The van der Waals surface area contributed by atoms with Crippen LogP contribution in [0.25, 0.3) is 0 Å². The third-order valence-electron chi connectivity index (χ3n) is 1.64. The molecule has 0 aliphatic heterocycles. The van der Waals surface area contributed by atoms with E-state index < -0.39 is 5.97 Å². The van der Waals surface area contributed by atoms with Crippen molar-refractivity contribution in [2.45, 2.75) is 16.0 Å². The number of carbonyl (C=O) groups is 1. The maximum absolute atomic E-state index is 11.1. The molecule has 0 N–H and O–H groups in total. The summed E-state index contributed by atoms with van der Waals surface area (Å²) in [6.07, 6.45) is 0. The maximum atomic E-state index is 11.1. The zero-order chi connectivity index (χ0) is 12.3. The predicted octanol–water partition coefficient (Wildman–Crippen LogP) is 1.22. The number of esters is 1. The first kappa shape index (κ1) is 12.5. The van der Waals surface area contributed by atoms with Crippen molar-refractivity contribution < 1.29 is 9.53 Å². The lowest BCUT2D eigenvalue weighted by Gasteiger charge is -2.00. The van der Waals surface area contributed by atoms with E-state index in [9.17, 15) is 4.79 Å². The Hall–Kier alpha value is -1.000. The number of methoxy groups -OCH3 is 1. The number of hydrogen-bond acceptors (Lipinski definition) is 8. The zero-order valence-corrected chi connectivity index (χ0v) is 11.8. The summed E-state index contributed by atoms with van der Waals surface area (Å²) >= 11 is 6.01. The van der Waals surface area contributed by atoms with E-state index in [1.807, 2.05) is 5.38 Å². The Morgan fingerprint density at radius 3 is 3.18 bits per heavy atom. The molecule has 2 aromatic rings. The Morgan fingerprint density at radius 1 is 1.71 bits per heavy atom. The molecule has 2 rings (SSSR count). The lowest BCUT2D eigenvalue weighted by atomic mass is 10.7. The molecule has 0 unspecified atom stereocenters. The van der Waals surface area contributed by atoms with Gasteiger partial charge in [-0.1, -0.05) is 0 Å². The van der Waals surface area contributed by atoms with Gasteiger partial charge in [0, 0.05) is 5.38 Å². The van der Waals surface area contributed by atoms with Crippen molar-refractivity contribution in [2.75, 3.05) is 7.11 Å². The lowest BCUT2D eigenvalue weighted by Crippen LogP contribution is -2.13. The summed E-state index contributed by atoms with van der Waals surface area (Å²) in [6.45, 7) is -0.0155. The van der Waals surface area contributed by atoms with Gasteiger partial charge in [-0.2, -0.15) is 0 Å². The number of halogens is 1. The second kappa shape index (κ2) is 5.56. The third-order valence-corrected chi connectivity index (χ3v) is 4.26. The quantitative estimate of drug-likeness (QED) is 0.776. The van der Waals surface area contributed by atoms with Crippen molar-refractivity contribution in [3.63, 3.8) is 0 Å². The minimum Gasteiger partial charge on any atom is -0.468 e. The second-order valence-electron chi connectivity index (χ2n) is 2.73. The number of hydrogen-bond donors (Lipinski definition) is 0. The summed E-state index contributed by atoms with van der Waals surface area (Å²) in [7, 11) is 1.32. The molecule has 0 saturated carbocycles. The molecule has 0 aliphatic carbocycles. The monoisotopic (exact) mass is 335 g/mol. The molecule has 90 valence electrons. The molecular formula is C7H6BrN5O2S2. The zero-order valence-electron chi connectivity index (χ0n) is 8.53. The van der Waals surface area contributed by atoms with E-state index >= 15 is 0 Å². The van der Waals surface area contributed by atoms with Crippen LogP contribution < -0.4 is 0 Å². The van der Waals surface area contributed by atoms with Crippen molar-refractivity contribution in [1.29, 1.82) is 0 Å². The summed E-state index contributed by atoms with van der Waals surface area (Å²) in [5.74, 6) is -0.403. The largest absolute Gasteiger partial charge is 0.468 e. The van der Waals surface area contributed by atoms with Gasteiger partial charge in [-0.3, -0.25) is 4.79 Å². The first-order valence-corrected chi connectivity index (χ1v) is 6.80. The molecule has 0 aromatic carbocycles. The Bertz CT molecular complexity index is 528. The van der Waals surface area contributed by atoms with Crippen LogP contribution >= 0.6 is 39.0 Å².